The molecule has 0 aliphatic rings. The Bertz CT molecular complexity index is 1540. The summed E-state index contributed by atoms with van der Waals surface area (Å²) in [5.74, 6) is -2.60. The number of carboxylic acids is 1. The van der Waals surface area contributed by atoms with Gasteiger partial charge in [-0.25, -0.2) is 13.6 Å². The van der Waals surface area contributed by atoms with Crippen LogP contribution in [-0.2, 0) is 6.54 Å². The minimum absolute atomic E-state index is 0.0137. The Morgan fingerprint density at radius 2 is 1.97 bits per heavy atom. The summed E-state index contributed by atoms with van der Waals surface area (Å²) < 4.78 is 35.0. The van der Waals surface area contributed by atoms with Crippen LogP contribution in [0.2, 0.25) is 0 Å². The molecule has 8 heteroatoms. The van der Waals surface area contributed by atoms with Crippen molar-refractivity contribution in [2.75, 3.05) is 0 Å². The van der Waals surface area contributed by atoms with E-state index in [-0.39, 0.29) is 28.9 Å². The normalized spacial score (nSPS) is 11.4. The van der Waals surface area contributed by atoms with Crippen molar-refractivity contribution < 1.29 is 23.1 Å². The fourth-order valence-corrected chi connectivity index (χ4v) is 4.00. The predicted molar refractivity (Wildman–Crippen MR) is 110 cm³/mol. The lowest BCUT2D eigenvalue weighted by Gasteiger charge is -2.10. The lowest BCUT2D eigenvalue weighted by atomic mass is 10.0. The molecule has 0 saturated heterocycles. The van der Waals surface area contributed by atoms with Crippen molar-refractivity contribution in [1.82, 2.24) is 9.55 Å². The number of aromatic amines is 1. The van der Waals surface area contributed by atoms with Crippen LogP contribution in [0.4, 0.5) is 8.78 Å². The predicted octanol–water partition coefficient (Wildman–Crippen LogP) is 4.77. The number of H-pyrrole nitrogens is 1. The standard InChI is InChI=1S/C23H14F2N2O4/c24-13-3-4-16(25)12(10-13)11-27-17-5-6-18-14(7-9-31-18)19(17)20(21(27)23(29)30)15-2-1-8-26-22(15)28/h1-10H,11H2,(H,26,28)(H,29,30). The third-order valence-electron chi connectivity index (χ3n) is 5.29. The smallest absolute Gasteiger partial charge is 0.353 e. The van der Waals surface area contributed by atoms with Gasteiger partial charge in [0.15, 0.2) is 0 Å². The summed E-state index contributed by atoms with van der Waals surface area (Å²) in [4.78, 5) is 27.5. The van der Waals surface area contributed by atoms with Gasteiger partial charge in [-0.2, -0.15) is 0 Å². The molecule has 3 aromatic heterocycles. The minimum Gasteiger partial charge on any atom is -0.477 e. The monoisotopic (exact) mass is 420 g/mol. The number of carbonyl (C=O) groups is 1. The van der Waals surface area contributed by atoms with E-state index in [4.69, 9.17) is 4.42 Å². The number of hydrogen-bond donors (Lipinski definition) is 2. The number of rotatable bonds is 4. The van der Waals surface area contributed by atoms with Gasteiger partial charge < -0.3 is 19.1 Å². The summed E-state index contributed by atoms with van der Waals surface area (Å²) in [6, 6.07) is 11.1. The van der Waals surface area contributed by atoms with E-state index in [1.165, 1.54) is 23.1 Å². The van der Waals surface area contributed by atoms with Gasteiger partial charge in [-0.05, 0) is 48.5 Å². The maximum Gasteiger partial charge on any atom is 0.353 e. The minimum atomic E-state index is -1.30. The molecule has 0 aliphatic heterocycles. The van der Waals surface area contributed by atoms with E-state index in [1.807, 2.05) is 0 Å². The fourth-order valence-electron chi connectivity index (χ4n) is 4.00. The molecule has 0 unspecified atom stereocenters. The molecule has 154 valence electrons. The Morgan fingerprint density at radius 3 is 2.74 bits per heavy atom. The number of benzene rings is 2. The third kappa shape index (κ3) is 2.92. The molecule has 0 amide bonds. The maximum atomic E-state index is 14.4. The van der Waals surface area contributed by atoms with Crippen molar-refractivity contribution in [1.29, 1.82) is 0 Å². The molecule has 0 aliphatic carbocycles. The number of hydrogen-bond acceptors (Lipinski definition) is 3. The molecule has 5 rings (SSSR count). The van der Waals surface area contributed by atoms with Crippen LogP contribution < -0.4 is 5.56 Å². The quantitative estimate of drug-likeness (QED) is 0.439. The zero-order valence-electron chi connectivity index (χ0n) is 15.9. The van der Waals surface area contributed by atoms with E-state index >= 15 is 0 Å². The van der Waals surface area contributed by atoms with Crippen LogP contribution in [0.1, 0.15) is 16.1 Å². The van der Waals surface area contributed by atoms with E-state index < -0.39 is 23.2 Å². The van der Waals surface area contributed by atoms with Crippen LogP contribution in [-0.4, -0.2) is 20.6 Å². The lowest BCUT2D eigenvalue weighted by molar-refractivity contribution is 0.0687. The molecule has 0 saturated carbocycles. The highest BCUT2D eigenvalue weighted by Crippen LogP contribution is 2.39. The van der Waals surface area contributed by atoms with Gasteiger partial charge in [0.25, 0.3) is 5.56 Å². The Labute approximate surface area is 173 Å². The number of furan rings is 1. The van der Waals surface area contributed by atoms with Gasteiger partial charge in [0.2, 0.25) is 0 Å². The van der Waals surface area contributed by atoms with Gasteiger partial charge in [0, 0.05) is 28.1 Å². The Morgan fingerprint density at radius 1 is 1.13 bits per heavy atom. The number of nitrogens with one attached hydrogen (secondary N) is 1. The van der Waals surface area contributed by atoms with Gasteiger partial charge in [-0.15, -0.1) is 0 Å². The molecule has 0 fully saturated rings. The molecule has 3 heterocycles. The summed E-state index contributed by atoms with van der Waals surface area (Å²) in [6.45, 7) is -0.240. The molecular formula is C23H14F2N2O4. The Hall–Kier alpha value is -4.20. The molecule has 6 nitrogen and oxygen atoms in total. The van der Waals surface area contributed by atoms with Crippen LogP contribution in [0.15, 0.2) is 70.2 Å². The summed E-state index contributed by atoms with van der Waals surface area (Å²) in [7, 11) is 0. The highest BCUT2D eigenvalue weighted by Gasteiger charge is 2.27. The highest BCUT2D eigenvalue weighted by atomic mass is 19.1. The zero-order valence-corrected chi connectivity index (χ0v) is 15.9. The Balaban J connectivity index is 1.93. The second-order valence-corrected chi connectivity index (χ2v) is 7.06. The van der Waals surface area contributed by atoms with E-state index in [9.17, 15) is 23.5 Å². The van der Waals surface area contributed by atoms with Crippen molar-refractivity contribution in [2.24, 2.45) is 0 Å². The molecule has 2 N–H and O–H groups in total. The van der Waals surface area contributed by atoms with Gasteiger partial charge >= 0.3 is 5.97 Å². The number of pyridine rings is 1. The molecular weight excluding hydrogens is 406 g/mol. The summed E-state index contributed by atoms with van der Waals surface area (Å²) in [6.07, 6.45) is 2.91. The molecule has 31 heavy (non-hydrogen) atoms. The average Bonchev–Trinajstić information content (AvgIpc) is 3.33. The van der Waals surface area contributed by atoms with Crippen molar-refractivity contribution in [3.05, 3.63) is 94.2 Å². The first-order valence-electron chi connectivity index (χ1n) is 9.33. The Kier molecular flexibility index (Phi) is 4.21. The highest BCUT2D eigenvalue weighted by molar-refractivity contribution is 6.17. The molecule has 0 radical (unpaired) electrons. The van der Waals surface area contributed by atoms with E-state index in [2.05, 4.69) is 4.98 Å². The number of halogens is 2. The first kappa shape index (κ1) is 18.8. The molecule has 5 aromatic rings. The van der Waals surface area contributed by atoms with Crippen LogP contribution in [0.3, 0.4) is 0 Å². The third-order valence-corrected chi connectivity index (χ3v) is 5.29. The van der Waals surface area contributed by atoms with Crippen LogP contribution in [0, 0.1) is 11.6 Å². The van der Waals surface area contributed by atoms with E-state index in [0.717, 1.165) is 18.2 Å². The molecule has 0 spiro atoms. The van der Waals surface area contributed by atoms with Gasteiger partial charge in [-0.1, -0.05) is 0 Å². The van der Waals surface area contributed by atoms with Crippen LogP contribution in [0.5, 0.6) is 0 Å². The first-order valence-corrected chi connectivity index (χ1v) is 9.33. The fraction of sp³-hybridized carbons (Fsp3) is 0.0435. The van der Waals surface area contributed by atoms with Gasteiger partial charge in [0.1, 0.15) is 22.9 Å². The number of carboxylic acid groups (broad SMARTS) is 1. The van der Waals surface area contributed by atoms with E-state index in [0.29, 0.717) is 21.9 Å². The number of nitrogens with zero attached hydrogens (tertiary/aromatic N) is 1. The van der Waals surface area contributed by atoms with Crippen molar-refractivity contribution >= 4 is 27.8 Å². The number of fused-ring (bicyclic) bond motifs is 3. The topological polar surface area (TPSA) is 88.2 Å². The van der Waals surface area contributed by atoms with Crippen molar-refractivity contribution in [3.8, 4) is 11.1 Å². The zero-order chi connectivity index (χ0) is 21.7. The second kappa shape index (κ2) is 6.94. The van der Waals surface area contributed by atoms with Gasteiger partial charge in [0.05, 0.1) is 23.9 Å². The average molecular weight is 420 g/mol. The summed E-state index contributed by atoms with van der Waals surface area (Å²) in [5, 5.41) is 11.2. The SMILES string of the molecule is O=C(O)c1c(-c2ccc[nH]c2=O)c2c3ccoc3ccc2n1Cc1cc(F)ccc1F. The number of aromatic nitrogens is 2. The summed E-state index contributed by atoms with van der Waals surface area (Å²) >= 11 is 0. The molecule has 0 bridgehead atoms. The van der Waals surface area contributed by atoms with Crippen molar-refractivity contribution in [2.45, 2.75) is 6.54 Å². The first-order chi connectivity index (χ1) is 15.0. The largest absolute Gasteiger partial charge is 0.477 e. The number of aromatic carboxylic acids is 1. The molecule has 0 atom stereocenters. The lowest BCUT2D eigenvalue weighted by Crippen LogP contribution is -2.14. The van der Waals surface area contributed by atoms with Crippen LogP contribution >= 0.6 is 0 Å². The van der Waals surface area contributed by atoms with E-state index in [1.54, 1.807) is 24.3 Å². The maximum absolute atomic E-state index is 14.4. The van der Waals surface area contributed by atoms with Gasteiger partial charge in [-0.3, -0.25) is 4.79 Å². The van der Waals surface area contributed by atoms with Crippen molar-refractivity contribution in [3.63, 3.8) is 0 Å². The van der Waals surface area contributed by atoms with Crippen LogP contribution in [0.25, 0.3) is 33.0 Å². The second-order valence-electron chi connectivity index (χ2n) is 7.06. The molecule has 2 aromatic carbocycles. The summed E-state index contributed by atoms with van der Waals surface area (Å²) in [5.41, 5.74) is 0.608.